The van der Waals surface area contributed by atoms with Crippen LogP contribution in [0.5, 0.6) is 0 Å². The van der Waals surface area contributed by atoms with Crippen LogP contribution in [0.25, 0.3) is 0 Å². The van der Waals surface area contributed by atoms with E-state index < -0.39 is 0 Å². The van der Waals surface area contributed by atoms with E-state index >= 15 is 0 Å². The Hall–Kier alpha value is -1.31. The number of nitrogens with two attached hydrogens (primary N) is 2. The summed E-state index contributed by atoms with van der Waals surface area (Å²) in [4.78, 5) is 11.6. The summed E-state index contributed by atoms with van der Waals surface area (Å²) in [7, 11) is 0. The highest BCUT2D eigenvalue weighted by Gasteiger charge is 2.22. The summed E-state index contributed by atoms with van der Waals surface area (Å²) >= 11 is 0. The third kappa shape index (κ3) is 6.45. The smallest absolute Gasteiger partial charge is 0.343 e. The number of carbonyl (C=O) groups excluding carboxylic acids is 1. The number of ether oxygens (including phenoxy) is 1. The Kier molecular flexibility index (Phi) is 10.6. The Morgan fingerprint density at radius 1 is 1.19 bits per heavy atom. The number of rotatable bonds is 4. The van der Waals surface area contributed by atoms with Crippen molar-refractivity contribution in [3.8, 4) is 0 Å². The molecule has 0 bridgehead atoms. The fourth-order valence-corrected chi connectivity index (χ4v) is 3.62. The summed E-state index contributed by atoms with van der Waals surface area (Å²) in [5.41, 5.74) is 9.16. The fourth-order valence-electron chi connectivity index (χ4n) is 3.62. The number of nitrogens with one attached hydrogen (secondary N) is 1. The Balaban J connectivity index is 0.000000318. The van der Waals surface area contributed by atoms with Crippen molar-refractivity contribution in [2.24, 2.45) is 5.84 Å². The van der Waals surface area contributed by atoms with Crippen molar-refractivity contribution in [3.05, 3.63) is 11.8 Å². The van der Waals surface area contributed by atoms with Crippen molar-refractivity contribution in [3.63, 3.8) is 0 Å². The van der Waals surface area contributed by atoms with Gasteiger partial charge in [0, 0.05) is 6.04 Å². The number of carbonyl (C=O) groups is 1. The first kappa shape index (κ1) is 22.7. The minimum Gasteiger partial charge on any atom is -0.462 e. The number of hydrogen-bond donors (Lipinski definition) is 3. The van der Waals surface area contributed by atoms with Gasteiger partial charge in [-0.3, -0.25) is 11.3 Å². The van der Waals surface area contributed by atoms with Gasteiger partial charge in [-0.2, -0.15) is 5.10 Å². The normalized spacial score (nSPS) is 18.4. The Labute approximate surface area is 162 Å². The van der Waals surface area contributed by atoms with Crippen molar-refractivity contribution in [1.82, 2.24) is 15.2 Å². The van der Waals surface area contributed by atoms with Crippen LogP contribution in [0.1, 0.15) is 87.5 Å². The van der Waals surface area contributed by atoms with Crippen LogP contribution in [0.3, 0.4) is 0 Å². The van der Waals surface area contributed by atoms with Crippen LogP contribution < -0.4 is 17.0 Å². The first-order chi connectivity index (χ1) is 12.2. The number of nitrogens with zero attached hydrogens (tertiary/aromatic N) is 2. The average molecular weight is 388 g/mol. The summed E-state index contributed by atoms with van der Waals surface area (Å²) in [6.07, 6.45) is 14.1. The lowest BCUT2D eigenvalue weighted by molar-refractivity contribution is 0.0527. The van der Waals surface area contributed by atoms with Gasteiger partial charge < -0.3 is 10.5 Å². The molecule has 2 saturated carbocycles. The second-order valence-corrected chi connectivity index (χ2v) is 6.90. The van der Waals surface area contributed by atoms with E-state index in [1.165, 1.54) is 57.6 Å². The Morgan fingerprint density at radius 2 is 1.77 bits per heavy atom. The monoisotopic (exact) mass is 387 g/mol. The Bertz CT molecular complexity index is 526. The molecule has 0 radical (unpaired) electrons. The number of hydrazine groups is 1. The summed E-state index contributed by atoms with van der Waals surface area (Å²) in [6.45, 7) is 2.13. The zero-order valence-electron chi connectivity index (χ0n) is 15.8. The van der Waals surface area contributed by atoms with Gasteiger partial charge in [-0.15, -0.1) is 12.4 Å². The van der Waals surface area contributed by atoms with Gasteiger partial charge in [0.05, 0.1) is 18.8 Å². The number of hydrogen-bond acceptors (Lipinski definition) is 6. The number of esters is 1. The van der Waals surface area contributed by atoms with Gasteiger partial charge in [-0.05, 0) is 32.6 Å². The van der Waals surface area contributed by atoms with Gasteiger partial charge in [-0.25, -0.2) is 9.48 Å². The van der Waals surface area contributed by atoms with Gasteiger partial charge in [0.2, 0.25) is 0 Å². The lowest BCUT2D eigenvalue weighted by Gasteiger charge is -2.22. The predicted octanol–water partition coefficient (Wildman–Crippen LogP) is 3.35. The van der Waals surface area contributed by atoms with Crippen LogP contribution in [0.2, 0.25) is 0 Å². The molecule has 2 fully saturated rings. The van der Waals surface area contributed by atoms with Crippen LogP contribution in [0, 0.1) is 0 Å². The van der Waals surface area contributed by atoms with E-state index in [9.17, 15) is 4.79 Å². The molecule has 0 saturated heterocycles. The Morgan fingerprint density at radius 3 is 2.27 bits per heavy atom. The molecule has 2 aliphatic rings. The quantitative estimate of drug-likeness (QED) is 0.415. The van der Waals surface area contributed by atoms with E-state index in [-0.39, 0.29) is 18.4 Å². The molecule has 0 amide bonds. The highest BCUT2D eigenvalue weighted by atomic mass is 35.5. The van der Waals surface area contributed by atoms with Gasteiger partial charge in [0.15, 0.2) is 0 Å². The molecule has 0 aromatic carbocycles. The minimum atomic E-state index is -0.382. The summed E-state index contributed by atoms with van der Waals surface area (Å²) in [5.74, 6) is 5.31. The molecule has 0 unspecified atom stereocenters. The zero-order chi connectivity index (χ0) is 18.1. The second-order valence-electron chi connectivity index (χ2n) is 6.90. The van der Waals surface area contributed by atoms with E-state index in [2.05, 4.69) is 10.5 Å². The summed E-state index contributed by atoms with van der Waals surface area (Å²) < 4.78 is 6.72. The molecule has 7 nitrogen and oxygen atoms in total. The van der Waals surface area contributed by atoms with E-state index in [1.54, 1.807) is 11.6 Å². The number of anilines is 1. The number of aromatic nitrogens is 2. The van der Waals surface area contributed by atoms with E-state index in [0.29, 0.717) is 30.1 Å². The van der Waals surface area contributed by atoms with Crippen molar-refractivity contribution < 1.29 is 9.53 Å². The van der Waals surface area contributed by atoms with Crippen LogP contribution in [0.4, 0.5) is 5.82 Å². The molecule has 5 N–H and O–H groups in total. The average Bonchev–Trinajstić information content (AvgIpc) is 3.05. The van der Waals surface area contributed by atoms with Crippen molar-refractivity contribution in [1.29, 1.82) is 0 Å². The van der Waals surface area contributed by atoms with E-state index in [4.69, 9.17) is 16.3 Å². The van der Waals surface area contributed by atoms with Crippen LogP contribution in [-0.2, 0) is 4.74 Å². The lowest BCUT2D eigenvalue weighted by atomic mass is 9.96. The van der Waals surface area contributed by atoms with Gasteiger partial charge >= 0.3 is 5.97 Å². The van der Waals surface area contributed by atoms with Crippen molar-refractivity contribution in [2.75, 3.05) is 12.3 Å². The predicted molar refractivity (Wildman–Crippen MR) is 106 cm³/mol. The van der Waals surface area contributed by atoms with Crippen molar-refractivity contribution in [2.45, 2.75) is 83.2 Å². The SMILES string of the molecule is CCOC(=O)c1cnn(C2CCCCC2)c1N.Cl.NNC1CCCCC1. The molecular weight excluding hydrogens is 354 g/mol. The largest absolute Gasteiger partial charge is 0.462 e. The molecule has 0 spiro atoms. The van der Waals surface area contributed by atoms with Gasteiger partial charge in [0.1, 0.15) is 11.4 Å². The molecule has 1 heterocycles. The van der Waals surface area contributed by atoms with Crippen LogP contribution >= 0.6 is 12.4 Å². The topological polar surface area (TPSA) is 108 Å². The fraction of sp³-hybridized carbons (Fsp3) is 0.778. The molecule has 0 aliphatic heterocycles. The number of nitrogen functional groups attached to an aromatic ring is 1. The zero-order valence-corrected chi connectivity index (χ0v) is 16.6. The first-order valence-corrected chi connectivity index (χ1v) is 9.63. The molecular formula is C18H34ClN5O2. The van der Waals surface area contributed by atoms with Gasteiger partial charge in [0.25, 0.3) is 0 Å². The molecule has 0 atom stereocenters. The molecule has 8 heteroatoms. The number of halogens is 1. The maximum atomic E-state index is 11.6. The second kappa shape index (κ2) is 12.1. The van der Waals surface area contributed by atoms with Crippen molar-refractivity contribution >= 4 is 24.2 Å². The molecule has 1 aromatic heterocycles. The lowest BCUT2D eigenvalue weighted by Crippen LogP contribution is -2.36. The summed E-state index contributed by atoms with van der Waals surface area (Å²) in [6, 6.07) is 0.954. The third-order valence-electron chi connectivity index (χ3n) is 5.09. The molecule has 1 aromatic rings. The molecule has 26 heavy (non-hydrogen) atoms. The van der Waals surface area contributed by atoms with Crippen LogP contribution in [-0.4, -0.2) is 28.4 Å². The maximum absolute atomic E-state index is 11.6. The van der Waals surface area contributed by atoms with Gasteiger partial charge in [-0.1, -0.05) is 38.5 Å². The van der Waals surface area contributed by atoms with E-state index in [1.807, 2.05) is 0 Å². The van der Waals surface area contributed by atoms with E-state index in [0.717, 1.165) is 12.8 Å². The molecule has 2 aliphatic carbocycles. The first-order valence-electron chi connectivity index (χ1n) is 9.63. The highest BCUT2D eigenvalue weighted by Crippen LogP contribution is 2.30. The summed E-state index contributed by atoms with van der Waals surface area (Å²) in [5, 5.41) is 4.23. The molecule has 150 valence electrons. The standard InChI is InChI=1S/C12H19N3O2.C6H14N2.ClH/c1-2-17-12(16)10-8-14-15(11(10)13)9-6-4-3-5-7-9;7-8-6-4-2-1-3-5-6;/h8-9H,2-7,13H2,1H3;6,8H,1-5,7H2;1H. The highest BCUT2D eigenvalue weighted by molar-refractivity contribution is 5.94. The third-order valence-corrected chi connectivity index (χ3v) is 5.09. The molecule has 3 rings (SSSR count). The van der Waals surface area contributed by atoms with Crippen LogP contribution in [0.15, 0.2) is 6.20 Å². The maximum Gasteiger partial charge on any atom is 0.343 e. The minimum absolute atomic E-state index is 0.